The second-order valence-electron chi connectivity index (χ2n) is 5.38. The molecule has 1 fully saturated rings. The predicted molar refractivity (Wildman–Crippen MR) is 75.6 cm³/mol. The van der Waals surface area contributed by atoms with Crippen molar-refractivity contribution < 1.29 is 9.59 Å². The van der Waals surface area contributed by atoms with Crippen LogP contribution in [0.4, 0.5) is 0 Å². The molecule has 1 aliphatic heterocycles. The van der Waals surface area contributed by atoms with Crippen molar-refractivity contribution in [2.75, 3.05) is 19.3 Å². The average molecular weight is 272 g/mol. The minimum Gasteiger partial charge on any atom is -0.344 e. The van der Waals surface area contributed by atoms with E-state index >= 15 is 0 Å². The zero-order valence-electron chi connectivity index (χ0n) is 11.8. The van der Waals surface area contributed by atoms with E-state index in [0.29, 0.717) is 19.5 Å². The molecule has 1 aliphatic rings. The number of nitrogens with zero attached hydrogens (tertiary/aromatic N) is 1. The Balaban J connectivity index is 2.77. The van der Waals surface area contributed by atoms with E-state index in [1.165, 1.54) is 0 Å². The van der Waals surface area contributed by atoms with E-state index in [-0.39, 0.29) is 22.6 Å². The predicted octanol–water partition coefficient (Wildman–Crippen LogP) is 1.65. The summed E-state index contributed by atoms with van der Waals surface area (Å²) in [6.45, 7) is 7.51. The second kappa shape index (κ2) is 6.45. The van der Waals surface area contributed by atoms with Crippen LogP contribution in [0.1, 0.15) is 40.0 Å². The summed E-state index contributed by atoms with van der Waals surface area (Å²) in [5, 5.41) is 2.83. The van der Waals surface area contributed by atoms with Crippen LogP contribution in [0.25, 0.3) is 0 Å². The summed E-state index contributed by atoms with van der Waals surface area (Å²) in [5.74, 6) is 0.0658. The van der Waals surface area contributed by atoms with E-state index in [1.54, 1.807) is 11.8 Å². The molecule has 0 spiro atoms. The number of rotatable bonds is 5. The molecule has 1 saturated heterocycles. The number of carbonyl (C=O) groups excluding carboxylic acids is 2. The van der Waals surface area contributed by atoms with Gasteiger partial charge in [0.05, 0.1) is 0 Å². The van der Waals surface area contributed by atoms with Crippen molar-refractivity contribution in [2.45, 2.75) is 50.8 Å². The Labute approximate surface area is 114 Å². The van der Waals surface area contributed by atoms with Crippen LogP contribution in [-0.2, 0) is 9.59 Å². The van der Waals surface area contributed by atoms with Crippen molar-refractivity contribution in [2.24, 2.45) is 0 Å². The molecule has 0 radical (unpaired) electrons. The molecule has 1 N–H and O–H groups in total. The molecule has 0 aromatic heterocycles. The summed E-state index contributed by atoms with van der Waals surface area (Å²) in [5.41, 5.74) is 0. The van der Waals surface area contributed by atoms with Crippen molar-refractivity contribution in [3.8, 4) is 0 Å². The fourth-order valence-corrected chi connectivity index (χ4v) is 2.35. The van der Waals surface area contributed by atoms with E-state index in [2.05, 4.69) is 25.4 Å². The molecule has 1 heterocycles. The van der Waals surface area contributed by atoms with Gasteiger partial charge in [-0.15, -0.1) is 0 Å². The third-order valence-corrected chi connectivity index (χ3v) is 4.49. The zero-order chi connectivity index (χ0) is 13.8. The monoisotopic (exact) mass is 272 g/mol. The standard InChI is InChI=1S/C13H24N2O2S/c1-5-6-10-12(17)15(8-7-11(16)14-10)9-13(2,3)18-4/h10H,5-9H2,1-4H3,(H,14,16). The van der Waals surface area contributed by atoms with Crippen LogP contribution < -0.4 is 5.32 Å². The molecule has 18 heavy (non-hydrogen) atoms. The highest BCUT2D eigenvalue weighted by Gasteiger charge is 2.32. The number of thioether (sulfide) groups is 1. The van der Waals surface area contributed by atoms with Crippen LogP contribution in [0, 0.1) is 0 Å². The number of carbonyl (C=O) groups is 2. The van der Waals surface area contributed by atoms with Crippen LogP contribution in [0.2, 0.25) is 0 Å². The normalized spacial score (nSPS) is 21.8. The lowest BCUT2D eigenvalue weighted by Gasteiger charge is -2.32. The van der Waals surface area contributed by atoms with Gasteiger partial charge >= 0.3 is 0 Å². The number of hydrogen-bond donors (Lipinski definition) is 1. The van der Waals surface area contributed by atoms with E-state index < -0.39 is 0 Å². The van der Waals surface area contributed by atoms with Crippen LogP contribution in [0.3, 0.4) is 0 Å². The molecule has 0 saturated carbocycles. The maximum absolute atomic E-state index is 12.4. The van der Waals surface area contributed by atoms with E-state index in [1.807, 2.05) is 11.8 Å². The Morgan fingerprint density at radius 1 is 1.44 bits per heavy atom. The van der Waals surface area contributed by atoms with Crippen molar-refractivity contribution >= 4 is 23.6 Å². The first kappa shape index (κ1) is 15.3. The molecular formula is C13H24N2O2S. The summed E-state index contributed by atoms with van der Waals surface area (Å²) < 4.78 is 0.0276. The molecule has 0 aromatic carbocycles. The SMILES string of the molecule is CCCC1NC(=O)CCN(CC(C)(C)SC)C1=O. The van der Waals surface area contributed by atoms with Crippen LogP contribution >= 0.6 is 11.8 Å². The van der Waals surface area contributed by atoms with E-state index in [9.17, 15) is 9.59 Å². The molecular weight excluding hydrogens is 248 g/mol. The first-order valence-electron chi connectivity index (χ1n) is 6.53. The fourth-order valence-electron chi connectivity index (χ4n) is 2.06. The van der Waals surface area contributed by atoms with Gasteiger partial charge in [0.1, 0.15) is 6.04 Å². The largest absolute Gasteiger partial charge is 0.344 e. The van der Waals surface area contributed by atoms with Gasteiger partial charge in [-0.05, 0) is 26.5 Å². The Bertz CT molecular complexity index is 318. The van der Waals surface area contributed by atoms with Gasteiger partial charge in [0.25, 0.3) is 0 Å². The smallest absolute Gasteiger partial charge is 0.245 e. The van der Waals surface area contributed by atoms with Crippen molar-refractivity contribution in [3.05, 3.63) is 0 Å². The molecule has 2 amide bonds. The molecule has 1 rings (SSSR count). The second-order valence-corrected chi connectivity index (χ2v) is 6.90. The molecule has 0 bridgehead atoms. The van der Waals surface area contributed by atoms with Gasteiger partial charge in [-0.1, -0.05) is 13.3 Å². The summed E-state index contributed by atoms with van der Waals surface area (Å²) >= 11 is 1.75. The third-order valence-electron chi connectivity index (χ3n) is 3.26. The summed E-state index contributed by atoms with van der Waals surface area (Å²) in [6.07, 6.45) is 4.09. The van der Waals surface area contributed by atoms with Crippen molar-refractivity contribution in [3.63, 3.8) is 0 Å². The molecule has 4 nitrogen and oxygen atoms in total. The van der Waals surface area contributed by atoms with Gasteiger partial charge in [-0.25, -0.2) is 0 Å². The lowest BCUT2D eigenvalue weighted by atomic mass is 10.1. The molecule has 1 atom stereocenters. The maximum atomic E-state index is 12.4. The first-order valence-corrected chi connectivity index (χ1v) is 7.75. The quantitative estimate of drug-likeness (QED) is 0.828. The Hall–Kier alpha value is -0.710. The number of nitrogens with one attached hydrogen (secondary N) is 1. The highest BCUT2D eigenvalue weighted by molar-refractivity contribution is 7.99. The van der Waals surface area contributed by atoms with Gasteiger partial charge in [0.15, 0.2) is 0 Å². The summed E-state index contributed by atoms with van der Waals surface area (Å²) in [7, 11) is 0. The van der Waals surface area contributed by atoms with Gasteiger partial charge in [0.2, 0.25) is 11.8 Å². The van der Waals surface area contributed by atoms with Crippen LogP contribution in [0.5, 0.6) is 0 Å². The average Bonchev–Trinajstić information content (AvgIpc) is 2.43. The van der Waals surface area contributed by atoms with E-state index in [0.717, 1.165) is 12.8 Å². The molecule has 5 heteroatoms. The highest BCUT2D eigenvalue weighted by atomic mass is 32.2. The van der Waals surface area contributed by atoms with Gasteiger partial charge in [0, 0.05) is 24.3 Å². The zero-order valence-corrected chi connectivity index (χ0v) is 12.6. The molecule has 0 aliphatic carbocycles. The van der Waals surface area contributed by atoms with E-state index in [4.69, 9.17) is 0 Å². The molecule has 1 unspecified atom stereocenters. The maximum Gasteiger partial charge on any atom is 0.245 e. The topological polar surface area (TPSA) is 49.4 Å². The molecule has 104 valence electrons. The van der Waals surface area contributed by atoms with Gasteiger partial charge < -0.3 is 10.2 Å². The van der Waals surface area contributed by atoms with Crippen LogP contribution in [0.15, 0.2) is 0 Å². The Kier molecular flexibility index (Phi) is 5.50. The number of hydrogen-bond acceptors (Lipinski definition) is 3. The third kappa shape index (κ3) is 4.19. The Morgan fingerprint density at radius 3 is 2.67 bits per heavy atom. The molecule has 0 aromatic rings. The number of amides is 2. The first-order chi connectivity index (χ1) is 8.39. The van der Waals surface area contributed by atoms with Crippen LogP contribution in [-0.4, -0.2) is 46.8 Å². The lowest BCUT2D eigenvalue weighted by molar-refractivity contribution is -0.134. The Morgan fingerprint density at radius 2 is 2.11 bits per heavy atom. The summed E-state index contributed by atoms with van der Waals surface area (Å²) in [6, 6.07) is -0.331. The highest BCUT2D eigenvalue weighted by Crippen LogP contribution is 2.23. The minimum absolute atomic E-state index is 0.00809. The van der Waals surface area contributed by atoms with Gasteiger partial charge in [-0.3, -0.25) is 9.59 Å². The fraction of sp³-hybridized carbons (Fsp3) is 0.846. The van der Waals surface area contributed by atoms with Gasteiger partial charge in [-0.2, -0.15) is 11.8 Å². The minimum atomic E-state index is -0.331. The van der Waals surface area contributed by atoms with Crippen molar-refractivity contribution in [1.82, 2.24) is 10.2 Å². The van der Waals surface area contributed by atoms with Crippen molar-refractivity contribution in [1.29, 1.82) is 0 Å². The lowest BCUT2D eigenvalue weighted by Crippen LogP contribution is -2.48. The summed E-state index contributed by atoms with van der Waals surface area (Å²) in [4.78, 5) is 25.8.